The summed E-state index contributed by atoms with van der Waals surface area (Å²) in [6, 6.07) is 4.55. The Hall–Kier alpha value is -1.34. The summed E-state index contributed by atoms with van der Waals surface area (Å²) in [4.78, 5) is 27.6. The number of benzene rings is 1. The van der Waals surface area contributed by atoms with Crippen molar-refractivity contribution < 1.29 is 19.4 Å². The maximum Gasteiger partial charge on any atom is 0.256 e. The van der Waals surface area contributed by atoms with Gasteiger partial charge in [-0.25, -0.2) is 0 Å². The van der Waals surface area contributed by atoms with E-state index in [1.54, 1.807) is 24.1 Å². The van der Waals surface area contributed by atoms with Crippen LogP contribution >= 0.6 is 23.2 Å². The number of nitrogens with zero attached hydrogens (tertiary/aromatic N) is 1. The normalized spacial score (nSPS) is 31.2. The molecule has 1 saturated heterocycles. The zero-order valence-corrected chi connectivity index (χ0v) is 18.6. The van der Waals surface area contributed by atoms with Crippen molar-refractivity contribution in [2.45, 2.75) is 62.7 Å². The van der Waals surface area contributed by atoms with Crippen LogP contribution in [-0.4, -0.2) is 53.7 Å². The summed E-state index contributed by atoms with van der Waals surface area (Å²) in [5.41, 5.74) is -0.124. The first kappa shape index (κ1) is 21.9. The van der Waals surface area contributed by atoms with Crippen LogP contribution in [0.4, 0.5) is 0 Å². The Morgan fingerprint density at radius 3 is 2.67 bits per heavy atom. The molecule has 0 aromatic heterocycles. The summed E-state index contributed by atoms with van der Waals surface area (Å²) in [5.74, 6) is -0.325. The lowest BCUT2D eigenvalue weighted by molar-refractivity contribution is -0.142. The first-order chi connectivity index (χ1) is 14.3. The molecule has 2 aliphatic carbocycles. The summed E-state index contributed by atoms with van der Waals surface area (Å²) in [7, 11) is 1.74. The molecule has 30 heavy (non-hydrogen) atoms. The standard InChI is InChI=1S/C22H28Cl2N2O4/c1-30-22-8-6-21(13-22,7-9-22)20(29)25-12-15-3-2-10-26(15)19(28)18(27)16-5-4-14(23)11-17(16)24/h4-5,11,15,18,27H,2-3,6-10,12-13H2,1H3,(H,25,29)/t15-,18?,21?,22?/m1/s1. The van der Waals surface area contributed by atoms with E-state index >= 15 is 0 Å². The lowest BCUT2D eigenvalue weighted by atomic mass is 9.83. The highest BCUT2D eigenvalue weighted by atomic mass is 35.5. The van der Waals surface area contributed by atoms with Crippen molar-refractivity contribution in [3.63, 3.8) is 0 Å². The molecule has 1 heterocycles. The topological polar surface area (TPSA) is 78.9 Å². The minimum absolute atomic E-state index is 0.0690. The van der Waals surface area contributed by atoms with Crippen molar-refractivity contribution in [2.24, 2.45) is 5.41 Å². The summed E-state index contributed by atoms with van der Waals surface area (Å²) >= 11 is 12.1. The van der Waals surface area contributed by atoms with Gasteiger partial charge in [0.1, 0.15) is 0 Å². The Morgan fingerprint density at radius 1 is 1.30 bits per heavy atom. The van der Waals surface area contributed by atoms with E-state index in [4.69, 9.17) is 27.9 Å². The fraction of sp³-hybridized carbons (Fsp3) is 0.636. The van der Waals surface area contributed by atoms with E-state index < -0.39 is 12.0 Å². The zero-order valence-electron chi connectivity index (χ0n) is 17.1. The van der Waals surface area contributed by atoms with Crippen LogP contribution in [0.3, 0.4) is 0 Å². The molecule has 1 aromatic rings. The van der Waals surface area contributed by atoms with Crippen LogP contribution in [0.25, 0.3) is 0 Å². The van der Waals surface area contributed by atoms with E-state index in [2.05, 4.69) is 5.32 Å². The van der Waals surface area contributed by atoms with Gasteiger partial charge >= 0.3 is 0 Å². The second kappa shape index (κ2) is 8.30. The minimum Gasteiger partial charge on any atom is -0.378 e. The molecular formula is C22H28Cl2N2O4. The quantitative estimate of drug-likeness (QED) is 0.689. The average Bonchev–Trinajstić information content (AvgIpc) is 3.45. The Labute approximate surface area is 186 Å². The van der Waals surface area contributed by atoms with Crippen LogP contribution in [-0.2, 0) is 14.3 Å². The maximum absolute atomic E-state index is 13.0. The van der Waals surface area contributed by atoms with Crippen molar-refractivity contribution in [3.8, 4) is 0 Å². The molecule has 1 aromatic carbocycles. The Morgan fingerprint density at radius 2 is 2.03 bits per heavy atom. The van der Waals surface area contributed by atoms with Crippen LogP contribution < -0.4 is 5.32 Å². The van der Waals surface area contributed by atoms with Gasteiger partial charge in [0.2, 0.25) is 5.91 Å². The molecule has 2 amide bonds. The molecule has 2 N–H and O–H groups in total. The van der Waals surface area contributed by atoms with Crippen molar-refractivity contribution >= 4 is 35.0 Å². The summed E-state index contributed by atoms with van der Waals surface area (Å²) < 4.78 is 5.70. The number of methoxy groups -OCH3 is 1. The lowest BCUT2D eigenvalue weighted by Gasteiger charge is -2.30. The van der Waals surface area contributed by atoms with Gasteiger partial charge in [0, 0.05) is 41.8 Å². The molecule has 3 aliphatic rings. The first-order valence-electron chi connectivity index (χ1n) is 10.6. The van der Waals surface area contributed by atoms with Gasteiger partial charge in [-0.05, 0) is 57.1 Å². The zero-order chi connectivity index (χ0) is 21.5. The minimum atomic E-state index is -1.35. The predicted molar refractivity (Wildman–Crippen MR) is 114 cm³/mol. The Bertz CT molecular complexity index is 838. The number of likely N-dealkylation sites (tertiary alicyclic amines) is 1. The van der Waals surface area contributed by atoms with Crippen LogP contribution in [0.2, 0.25) is 10.0 Å². The Kier molecular flexibility index (Phi) is 6.05. The molecule has 2 saturated carbocycles. The Balaban J connectivity index is 1.38. The molecule has 2 atom stereocenters. The van der Waals surface area contributed by atoms with Gasteiger partial charge in [0.25, 0.3) is 5.91 Å². The van der Waals surface area contributed by atoms with Gasteiger partial charge < -0.3 is 20.1 Å². The molecule has 6 nitrogen and oxygen atoms in total. The molecule has 2 bridgehead atoms. The van der Waals surface area contributed by atoms with Crippen molar-refractivity contribution in [2.75, 3.05) is 20.2 Å². The molecule has 0 radical (unpaired) electrons. The van der Waals surface area contributed by atoms with E-state index in [9.17, 15) is 14.7 Å². The molecule has 1 unspecified atom stereocenters. The molecule has 3 fully saturated rings. The van der Waals surface area contributed by atoms with E-state index in [1.807, 2.05) is 0 Å². The number of carbonyl (C=O) groups is 2. The average molecular weight is 455 g/mol. The van der Waals surface area contributed by atoms with Crippen molar-refractivity contribution in [3.05, 3.63) is 33.8 Å². The number of nitrogens with one attached hydrogen (secondary N) is 1. The molecule has 0 spiro atoms. The number of aliphatic hydroxyl groups excluding tert-OH is 1. The second-order valence-electron chi connectivity index (χ2n) is 8.95. The van der Waals surface area contributed by atoms with Gasteiger partial charge in [0.15, 0.2) is 6.10 Å². The van der Waals surface area contributed by atoms with Crippen LogP contribution in [0, 0.1) is 5.41 Å². The third kappa shape index (κ3) is 3.83. The fourth-order valence-electron chi connectivity index (χ4n) is 5.49. The van der Waals surface area contributed by atoms with Crippen molar-refractivity contribution in [1.29, 1.82) is 0 Å². The van der Waals surface area contributed by atoms with E-state index in [0.29, 0.717) is 23.7 Å². The van der Waals surface area contributed by atoms with Gasteiger partial charge in [-0.3, -0.25) is 9.59 Å². The number of fused-ring (bicyclic) bond motifs is 2. The first-order valence-corrected chi connectivity index (χ1v) is 11.3. The summed E-state index contributed by atoms with van der Waals surface area (Å²) in [5, 5.41) is 14.4. The van der Waals surface area contributed by atoms with Crippen LogP contribution in [0.5, 0.6) is 0 Å². The largest absolute Gasteiger partial charge is 0.378 e. The molecule has 4 rings (SSSR count). The molecule has 8 heteroatoms. The molecular weight excluding hydrogens is 427 g/mol. The number of hydrogen-bond acceptors (Lipinski definition) is 4. The van der Waals surface area contributed by atoms with Crippen LogP contribution in [0.1, 0.15) is 56.6 Å². The SMILES string of the molecule is COC12CCC(C(=O)NC[C@H]3CCCN3C(=O)C(O)c3ccc(Cl)cc3Cl)(CC1)C2. The number of ether oxygens (including phenoxy) is 1. The highest BCUT2D eigenvalue weighted by molar-refractivity contribution is 6.35. The van der Waals surface area contributed by atoms with E-state index in [0.717, 1.165) is 44.9 Å². The van der Waals surface area contributed by atoms with Crippen LogP contribution in [0.15, 0.2) is 18.2 Å². The number of amides is 2. The highest BCUT2D eigenvalue weighted by Gasteiger charge is 2.58. The number of aliphatic hydroxyl groups is 1. The number of carbonyl (C=O) groups excluding carboxylic acids is 2. The van der Waals surface area contributed by atoms with E-state index in [1.165, 1.54) is 6.07 Å². The number of hydrogen-bond donors (Lipinski definition) is 2. The highest BCUT2D eigenvalue weighted by Crippen LogP contribution is 2.58. The monoisotopic (exact) mass is 454 g/mol. The summed E-state index contributed by atoms with van der Waals surface area (Å²) in [6.45, 7) is 0.951. The molecule has 164 valence electrons. The van der Waals surface area contributed by atoms with Gasteiger partial charge in [-0.2, -0.15) is 0 Å². The van der Waals surface area contributed by atoms with Crippen molar-refractivity contribution in [1.82, 2.24) is 10.2 Å². The summed E-state index contributed by atoms with van der Waals surface area (Å²) in [6.07, 6.45) is 4.63. The second-order valence-corrected chi connectivity index (χ2v) is 9.79. The van der Waals surface area contributed by atoms with Gasteiger partial charge in [-0.15, -0.1) is 0 Å². The van der Waals surface area contributed by atoms with Gasteiger partial charge in [-0.1, -0.05) is 29.3 Å². The smallest absolute Gasteiger partial charge is 0.256 e. The third-order valence-corrected chi connectivity index (χ3v) is 7.91. The predicted octanol–water partition coefficient (Wildman–Crippen LogP) is 3.48. The number of rotatable bonds is 6. The number of halogens is 2. The molecule has 1 aliphatic heterocycles. The maximum atomic E-state index is 13.0. The third-order valence-electron chi connectivity index (χ3n) is 7.34. The van der Waals surface area contributed by atoms with E-state index in [-0.39, 0.29) is 28.0 Å². The van der Waals surface area contributed by atoms with Gasteiger partial charge in [0.05, 0.1) is 11.0 Å². The fourth-order valence-corrected chi connectivity index (χ4v) is 6.00. The lowest BCUT2D eigenvalue weighted by Crippen LogP contribution is -2.47.